The predicted octanol–water partition coefficient (Wildman–Crippen LogP) is 4.53. The van der Waals surface area contributed by atoms with E-state index in [9.17, 15) is 13.6 Å². The molecule has 0 saturated heterocycles. The normalized spacial score (nSPS) is 22.3. The first-order valence-electron chi connectivity index (χ1n) is 8.93. The van der Waals surface area contributed by atoms with Crippen molar-refractivity contribution in [2.45, 2.75) is 37.5 Å². The highest BCUT2D eigenvalue weighted by atomic mass is 19.1. The van der Waals surface area contributed by atoms with E-state index in [1.807, 2.05) is 6.07 Å². The molecule has 0 bridgehead atoms. The Balaban J connectivity index is 1.79. The lowest BCUT2D eigenvalue weighted by Gasteiger charge is -2.29. The zero-order valence-electron chi connectivity index (χ0n) is 15.2. The summed E-state index contributed by atoms with van der Waals surface area (Å²) in [5.74, 6) is -1.27. The molecule has 2 aromatic carbocycles. The monoisotopic (exact) mass is 370 g/mol. The number of ether oxygens (including phenoxy) is 1. The Labute approximate surface area is 155 Å². The molecule has 4 nitrogen and oxygen atoms in total. The number of halogens is 2. The van der Waals surface area contributed by atoms with Gasteiger partial charge < -0.3 is 4.74 Å². The molecule has 1 aromatic heterocycles. The van der Waals surface area contributed by atoms with Crippen molar-refractivity contribution in [3.63, 3.8) is 0 Å². The number of hydrogen-bond donors (Lipinski definition) is 1. The first-order chi connectivity index (χ1) is 13.0. The minimum absolute atomic E-state index is 0.167. The summed E-state index contributed by atoms with van der Waals surface area (Å²) in [6.07, 6.45) is 3.04. The Morgan fingerprint density at radius 1 is 1.30 bits per heavy atom. The van der Waals surface area contributed by atoms with Crippen LogP contribution in [0.5, 0.6) is 0 Å². The van der Waals surface area contributed by atoms with Gasteiger partial charge in [-0.2, -0.15) is 5.10 Å². The van der Waals surface area contributed by atoms with Crippen molar-refractivity contribution >= 4 is 16.9 Å². The molecule has 1 aliphatic carbocycles. The van der Waals surface area contributed by atoms with E-state index < -0.39 is 11.4 Å². The molecule has 2 atom stereocenters. The second kappa shape index (κ2) is 6.44. The number of nitrogens with one attached hydrogen (secondary N) is 1. The number of nitrogens with zero attached hydrogens (tertiary/aromatic N) is 1. The molecule has 2 unspecified atom stereocenters. The zero-order valence-corrected chi connectivity index (χ0v) is 15.2. The van der Waals surface area contributed by atoms with Crippen LogP contribution in [-0.2, 0) is 14.9 Å². The lowest BCUT2D eigenvalue weighted by atomic mass is 9.75. The topological polar surface area (TPSA) is 55.0 Å². The smallest absolute Gasteiger partial charge is 0.316 e. The average Bonchev–Trinajstić information content (AvgIpc) is 3.32. The molecule has 1 heterocycles. The van der Waals surface area contributed by atoms with E-state index in [2.05, 4.69) is 10.2 Å². The second-order valence-electron chi connectivity index (χ2n) is 7.23. The quantitative estimate of drug-likeness (QED) is 0.689. The van der Waals surface area contributed by atoms with Crippen LogP contribution in [0.4, 0.5) is 8.78 Å². The lowest BCUT2D eigenvalue weighted by Crippen LogP contribution is -2.35. The van der Waals surface area contributed by atoms with E-state index in [1.54, 1.807) is 31.3 Å². The fourth-order valence-corrected chi connectivity index (χ4v) is 4.48. The molecule has 140 valence electrons. The van der Waals surface area contributed by atoms with E-state index >= 15 is 0 Å². The number of methoxy groups -OCH3 is 1. The summed E-state index contributed by atoms with van der Waals surface area (Å²) in [5.41, 5.74) is 1.01. The first kappa shape index (κ1) is 17.6. The average molecular weight is 370 g/mol. The molecule has 0 aliphatic heterocycles. The van der Waals surface area contributed by atoms with Crippen molar-refractivity contribution in [3.8, 4) is 0 Å². The van der Waals surface area contributed by atoms with Gasteiger partial charge in [-0.3, -0.25) is 9.89 Å². The van der Waals surface area contributed by atoms with Gasteiger partial charge in [0, 0.05) is 5.39 Å². The van der Waals surface area contributed by atoms with Gasteiger partial charge in [-0.25, -0.2) is 8.78 Å². The second-order valence-corrected chi connectivity index (χ2v) is 7.23. The Morgan fingerprint density at radius 3 is 2.89 bits per heavy atom. The highest BCUT2D eigenvalue weighted by molar-refractivity contribution is 5.85. The fraction of sp³-hybridized carbons (Fsp3) is 0.333. The first-order valence-corrected chi connectivity index (χ1v) is 8.93. The predicted molar refractivity (Wildman–Crippen MR) is 97.5 cm³/mol. The summed E-state index contributed by atoms with van der Waals surface area (Å²) in [7, 11) is 1.34. The molecular weight excluding hydrogens is 350 g/mol. The summed E-state index contributed by atoms with van der Waals surface area (Å²) in [4.78, 5) is 12.8. The van der Waals surface area contributed by atoms with Crippen LogP contribution >= 0.6 is 0 Å². The fourth-order valence-electron chi connectivity index (χ4n) is 4.48. The van der Waals surface area contributed by atoms with Gasteiger partial charge in [0.05, 0.1) is 18.7 Å². The van der Waals surface area contributed by atoms with Gasteiger partial charge in [-0.05, 0) is 54.9 Å². The number of carbonyl (C=O) groups is 1. The van der Waals surface area contributed by atoms with Crippen molar-refractivity contribution in [1.29, 1.82) is 0 Å². The number of aromatic nitrogens is 2. The number of hydrogen-bond acceptors (Lipinski definition) is 3. The number of esters is 1. The number of carbonyl (C=O) groups excluding carboxylic acids is 1. The van der Waals surface area contributed by atoms with Crippen molar-refractivity contribution in [2.24, 2.45) is 0 Å². The van der Waals surface area contributed by atoms with Crippen LogP contribution in [0, 0.1) is 18.6 Å². The summed E-state index contributed by atoms with van der Waals surface area (Å²) in [6, 6.07) is 8.33. The third-order valence-electron chi connectivity index (χ3n) is 5.90. The van der Waals surface area contributed by atoms with Gasteiger partial charge in [0.1, 0.15) is 11.3 Å². The molecule has 0 amide bonds. The molecule has 3 aromatic rings. The van der Waals surface area contributed by atoms with Crippen LogP contribution in [0.3, 0.4) is 0 Å². The van der Waals surface area contributed by atoms with Crippen LogP contribution in [-0.4, -0.2) is 23.3 Å². The molecule has 6 heteroatoms. The molecule has 27 heavy (non-hydrogen) atoms. The molecule has 1 aliphatic rings. The summed E-state index contributed by atoms with van der Waals surface area (Å²) in [5, 5.41) is 7.28. The van der Waals surface area contributed by atoms with Gasteiger partial charge >= 0.3 is 5.97 Å². The minimum atomic E-state index is -0.971. The summed E-state index contributed by atoms with van der Waals surface area (Å²) in [6.45, 7) is 1.67. The van der Waals surface area contributed by atoms with Crippen LogP contribution in [0.25, 0.3) is 10.9 Å². The standard InChI is InChI=1S/C21H20F2N2O2/c1-12-16(4-3-5-17(12)22)21(20(26)27-2)9-8-13(10-21)15-7-6-14-11-24-25-19(14)18(15)23/h3-7,11,13H,8-10H2,1-2H3,(H,24,25). The van der Waals surface area contributed by atoms with Crippen LogP contribution in [0.2, 0.25) is 0 Å². The SMILES string of the molecule is COC(=O)C1(c2cccc(F)c2C)CCC(c2ccc3cn[nH]c3c2F)C1. The number of benzene rings is 2. The number of rotatable bonds is 3. The van der Waals surface area contributed by atoms with Gasteiger partial charge in [-0.15, -0.1) is 0 Å². The molecule has 1 N–H and O–H groups in total. The van der Waals surface area contributed by atoms with Crippen molar-refractivity contribution in [3.05, 3.63) is 64.9 Å². The molecule has 0 radical (unpaired) electrons. The number of H-pyrrole nitrogens is 1. The molecule has 0 spiro atoms. The molecule has 1 saturated carbocycles. The largest absolute Gasteiger partial charge is 0.468 e. The summed E-state index contributed by atoms with van der Waals surface area (Å²) < 4.78 is 34.2. The van der Waals surface area contributed by atoms with Gasteiger partial charge in [-0.1, -0.05) is 24.3 Å². The highest BCUT2D eigenvalue weighted by Crippen LogP contribution is 2.50. The Kier molecular flexibility index (Phi) is 4.21. The van der Waals surface area contributed by atoms with Gasteiger partial charge in [0.2, 0.25) is 0 Å². The highest BCUT2D eigenvalue weighted by Gasteiger charge is 2.49. The maximum Gasteiger partial charge on any atom is 0.316 e. The van der Waals surface area contributed by atoms with Crippen molar-refractivity contribution in [1.82, 2.24) is 10.2 Å². The van der Waals surface area contributed by atoms with Crippen molar-refractivity contribution in [2.75, 3.05) is 7.11 Å². The van der Waals surface area contributed by atoms with E-state index in [-0.39, 0.29) is 17.6 Å². The van der Waals surface area contributed by atoms with E-state index in [1.165, 1.54) is 13.2 Å². The molecule has 1 fully saturated rings. The Bertz CT molecular complexity index is 1030. The van der Waals surface area contributed by atoms with Crippen LogP contribution in [0.1, 0.15) is 41.9 Å². The van der Waals surface area contributed by atoms with Crippen LogP contribution in [0.15, 0.2) is 36.5 Å². The van der Waals surface area contributed by atoms with Gasteiger partial charge in [0.15, 0.2) is 5.82 Å². The molecular formula is C21H20F2N2O2. The number of fused-ring (bicyclic) bond motifs is 1. The van der Waals surface area contributed by atoms with E-state index in [4.69, 9.17) is 4.74 Å². The van der Waals surface area contributed by atoms with Crippen LogP contribution < -0.4 is 0 Å². The maximum atomic E-state index is 15.0. The third kappa shape index (κ3) is 2.62. The summed E-state index contributed by atoms with van der Waals surface area (Å²) >= 11 is 0. The molecule has 4 rings (SSSR count). The number of aromatic amines is 1. The van der Waals surface area contributed by atoms with Crippen molar-refractivity contribution < 1.29 is 18.3 Å². The minimum Gasteiger partial charge on any atom is -0.468 e. The van der Waals surface area contributed by atoms with E-state index in [0.717, 1.165) is 0 Å². The third-order valence-corrected chi connectivity index (χ3v) is 5.90. The zero-order chi connectivity index (χ0) is 19.2. The van der Waals surface area contributed by atoms with Gasteiger partial charge in [0.25, 0.3) is 0 Å². The van der Waals surface area contributed by atoms with E-state index in [0.29, 0.717) is 46.9 Å². The lowest BCUT2D eigenvalue weighted by molar-refractivity contribution is -0.147. The maximum absolute atomic E-state index is 15.0. The Hall–Kier alpha value is -2.76. The Morgan fingerprint density at radius 2 is 2.11 bits per heavy atom.